The Kier molecular flexibility index (Phi) is 5.41. The van der Waals surface area contributed by atoms with E-state index < -0.39 is 0 Å². The molecule has 4 aliphatic rings. The predicted octanol–water partition coefficient (Wildman–Crippen LogP) is 2.27. The number of halogens is 1. The van der Waals surface area contributed by atoms with Crippen LogP contribution in [0.4, 0.5) is 5.69 Å². The number of anilines is 1. The minimum absolute atomic E-state index is 0.0141. The number of amides is 2. The monoisotopic (exact) mass is 404 g/mol. The first-order valence-corrected chi connectivity index (χ1v) is 10.9. The molecule has 0 radical (unpaired) electrons. The Balaban J connectivity index is 1.32. The van der Waals surface area contributed by atoms with Crippen molar-refractivity contribution in [1.29, 1.82) is 0 Å². The highest BCUT2D eigenvalue weighted by Gasteiger charge is 2.52. The lowest BCUT2D eigenvalue weighted by molar-refractivity contribution is -0.885. The summed E-state index contributed by atoms with van der Waals surface area (Å²) in [6, 6.07) is 6.91. The lowest BCUT2D eigenvalue weighted by Gasteiger charge is -2.57. The third-order valence-corrected chi connectivity index (χ3v) is 7.48. The first-order chi connectivity index (χ1) is 13.3. The number of carbonyl (C=O) groups excluding carboxylic acids is 2. The molecule has 0 heterocycles. The van der Waals surface area contributed by atoms with Gasteiger partial charge in [0.2, 0.25) is 0 Å². The molecule has 4 saturated carbocycles. The van der Waals surface area contributed by atoms with Crippen molar-refractivity contribution >= 4 is 29.1 Å². The van der Waals surface area contributed by atoms with E-state index in [2.05, 4.69) is 10.6 Å². The molecule has 2 amide bonds. The van der Waals surface area contributed by atoms with Crippen LogP contribution in [0.5, 0.6) is 0 Å². The van der Waals surface area contributed by atoms with Crippen LogP contribution in [-0.4, -0.2) is 37.0 Å². The number of benzene rings is 1. The Labute approximate surface area is 172 Å². The zero-order chi connectivity index (χ0) is 19.9. The van der Waals surface area contributed by atoms with Crippen LogP contribution in [0.15, 0.2) is 24.3 Å². The summed E-state index contributed by atoms with van der Waals surface area (Å²) in [6.45, 7) is 2.13. The van der Waals surface area contributed by atoms with Gasteiger partial charge in [-0.15, -0.1) is 0 Å². The fourth-order valence-electron chi connectivity index (χ4n) is 6.02. The largest absolute Gasteiger partial charge is 0.345 e. The van der Waals surface area contributed by atoms with Gasteiger partial charge in [0, 0.05) is 5.54 Å². The van der Waals surface area contributed by atoms with E-state index in [1.807, 2.05) is 26.1 Å². The highest BCUT2D eigenvalue weighted by atomic mass is 35.5. The molecule has 152 valence electrons. The molecule has 4 fully saturated rings. The number of rotatable bonds is 6. The molecule has 0 aromatic heterocycles. The predicted molar refractivity (Wildman–Crippen MR) is 110 cm³/mol. The van der Waals surface area contributed by atoms with Crippen molar-refractivity contribution in [3.8, 4) is 0 Å². The van der Waals surface area contributed by atoms with Gasteiger partial charge in [0.1, 0.15) is 0 Å². The van der Waals surface area contributed by atoms with E-state index >= 15 is 0 Å². The summed E-state index contributed by atoms with van der Waals surface area (Å²) in [5.74, 6) is 2.33. The van der Waals surface area contributed by atoms with E-state index in [4.69, 9.17) is 11.6 Å². The van der Waals surface area contributed by atoms with Crippen molar-refractivity contribution in [3.63, 3.8) is 0 Å². The molecule has 0 spiro atoms. The summed E-state index contributed by atoms with van der Waals surface area (Å²) >= 11 is 6.10. The van der Waals surface area contributed by atoms with Crippen LogP contribution in [0.3, 0.4) is 0 Å². The van der Waals surface area contributed by atoms with Crippen LogP contribution < -0.4 is 15.5 Å². The third kappa shape index (κ3) is 4.06. The number of para-hydroxylation sites is 1. The van der Waals surface area contributed by atoms with E-state index in [0.29, 0.717) is 10.7 Å². The van der Waals surface area contributed by atoms with Crippen molar-refractivity contribution in [2.24, 2.45) is 17.8 Å². The smallest absolute Gasteiger partial charge is 0.279 e. The molecule has 28 heavy (non-hydrogen) atoms. The number of nitrogens with one attached hydrogen (secondary N) is 3. The molecule has 1 aromatic carbocycles. The molecule has 3 N–H and O–H groups in total. The van der Waals surface area contributed by atoms with Crippen molar-refractivity contribution < 1.29 is 14.5 Å². The molecule has 1 aromatic rings. The Morgan fingerprint density at radius 3 is 2.29 bits per heavy atom. The van der Waals surface area contributed by atoms with Crippen LogP contribution >= 0.6 is 11.6 Å². The second kappa shape index (κ2) is 7.68. The first-order valence-electron chi connectivity index (χ1n) is 10.5. The van der Waals surface area contributed by atoms with Crippen molar-refractivity contribution in [2.45, 2.75) is 57.0 Å². The second-order valence-corrected chi connectivity index (χ2v) is 9.87. The molecular weight excluding hydrogens is 374 g/mol. The van der Waals surface area contributed by atoms with Gasteiger partial charge in [0.05, 0.1) is 17.8 Å². The van der Waals surface area contributed by atoms with Crippen LogP contribution in [0.1, 0.15) is 45.4 Å². The van der Waals surface area contributed by atoms with Gasteiger partial charge in [0.15, 0.2) is 12.6 Å². The van der Waals surface area contributed by atoms with Crippen LogP contribution in [-0.2, 0) is 9.59 Å². The number of hydrogen-bond acceptors (Lipinski definition) is 2. The third-order valence-electron chi connectivity index (χ3n) is 7.15. The zero-order valence-electron chi connectivity index (χ0n) is 16.8. The Morgan fingerprint density at radius 2 is 1.71 bits per heavy atom. The molecule has 5 rings (SSSR count). The second-order valence-electron chi connectivity index (χ2n) is 9.46. The van der Waals surface area contributed by atoms with Crippen LogP contribution in [0.25, 0.3) is 0 Å². The van der Waals surface area contributed by atoms with E-state index in [-0.39, 0.29) is 29.9 Å². The van der Waals surface area contributed by atoms with Gasteiger partial charge >= 0.3 is 0 Å². The van der Waals surface area contributed by atoms with Gasteiger partial charge in [-0.25, -0.2) is 0 Å². The molecular formula is C22H31ClN3O2+. The van der Waals surface area contributed by atoms with E-state index in [1.165, 1.54) is 19.3 Å². The molecule has 4 aliphatic carbocycles. The Bertz CT molecular complexity index is 731. The first kappa shape index (κ1) is 19.7. The van der Waals surface area contributed by atoms with Gasteiger partial charge in [-0.05, 0) is 75.3 Å². The van der Waals surface area contributed by atoms with Gasteiger partial charge in [-0.3, -0.25) is 9.59 Å². The van der Waals surface area contributed by atoms with Crippen molar-refractivity contribution in [1.82, 2.24) is 5.32 Å². The van der Waals surface area contributed by atoms with Gasteiger partial charge < -0.3 is 15.5 Å². The average molecular weight is 405 g/mol. The highest BCUT2D eigenvalue weighted by molar-refractivity contribution is 6.33. The molecule has 6 heteroatoms. The summed E-state index contributed by atoms with van der Waals surface area (Å²) in [5, 5.41) is 6.78. The van der Waals surface area contributed by atoms with E-state index in [9.17, 15) is 9.59 Å². The topological polar surface area (TPSA) is 62.6 Å². The molecule has 5 nitrogen and oxygen atoms in total. The normalized spacial score (nSPS) is 32.6. The Morgan fingerprint density at radius 1 is 1.14 bits per heavy atom. The molecule has 2 atom stereocenters. The summed E-state index contributed by atoms with van der Waals surface area (Å²) in [7, 11) is 1.90. The highest BCUT2D eigenvalue weighted by Crippen LogP contribution is 2.55. The minimum Gasteiger partial charge on any atom is -0.345 e. The summed E-state index contributed by atoms with van der Waals surface area (Å²) in [6.07, 6.45) is 7.50. The number of carbonyl (C=O) groups is 2. The van der Waals surface area contributed by atoms with Gasteiger partial charge in [-0.1, -0.05) is 23.7 Å². The molecule has 0 saturated heterocycles. The van der Waals surface area contributed by atoms with Crippen molar-refractivity contribution in [3.05, 3.63) is 29.3 Å². The quantitative estimate of drug-likeness (QED) is 0.681. The maximum absolute atomic E-state index is 13.0. The maximum Gasteiger partial charge on any atom is 0.279 e. The van der Waals surface area contributed by atoms with Gasteiger partial charge in [0.25, 0.3) is 11.8 Å². The lowest BCUT2D eigenvalue weighted by atomic mass is 9.53. The molecule has 4 bridgehead atoms. The lowest BCUT2D eigenvalue weighted by Crippen LogP contribution is -3.15. The zero-order valence-corrected chi connectivity index (χ0v) is 17.5. The molecule has 1 unspecified atom stereocenters. The maximum atomic E-state index is 13.0. The summed E-state index contributed by atoms with van der Waals surface area (Å²) < 4.78 is 0. The van der Waals surface area contributed by atoms with Crippen LogP contribution in [0, 0.1) is 17.8 Å². The molecule has 0 aliphatic heterocycles. The SMILES string of the molecule is C[C@H](C(=O)NC12CC3CC(CC(C3)C1)C2)[NH+](C)CC(=O)Nc1ccccc1Cl. The standard InChI is InChI=1S/C22H30ClN3O2/c1-14(26(2)13-20(27)24-19-6-4-3-5-18(19)23)21(28)25-22-10-15-7-16(11-22)9-17(8-15)12-22/h3-6,14-17H,7-13H2,1-2H3,(H,24,27)(H,25,28)/p+1/t14-,15?,16?,17?,22?/m1/s1. The number of hydrogen-bond donors (Lipinski definition) is 3. The number of quaternary nitrogens is 1. The summed E-state index contributed by atoms with van der Waals surface area (Å²) in [5.41, 5.74) is 0.618. The van der Waals surface area contributed by atoms with Gasteiger partial charge in [-0.2, -0.15) is 0 Å². The summed E-state index contributed by atoms with van der Waals surface area (Å²) in [4.78, 5) is 26.2. The number of likely N-dealkylation sites (N-methyl/N-ethyl adjacent to an activating group) is 1. The van der Waals surface area contributed by atoms with Crippen molar-refractivity contribution in [2.75, 3.05) is 18.9 Å². The Hall–Kier alpha value is -1.59. The fourth-order valence-corrected chi connectivity index (χ4v) is 6.20. The fraction of sp³-hybridized carbons (Fsp3) is 0.636. The van der Waals surface area contributed by atoms with E-state index in [0.717, 1.165) is 41.9 Å². The van der Waals surface area contributed by atoms with Crippen LogP contribution in [0.2, 0.25) is 5.02 Å². The van der Waals surface area contributed by atoms with E-state index in [1.54, 1.807) is 12.1 Å². The average Bonchev–Trinajstić information content (AvgIpc) is 2.61. The minimum atomic E-state index is -0.273.